The molecule has 0 saturated carbocycles. The van der Waals surface area contributed by atoms with Gasteiger partial charge in [0.25, 0.3) is 0 Å². The first-order valence-corrected chi connectivity index (χ1v) is 6.62. The van der Waals surface area contributed by atoms with Gasteiger partial charge in [-0.05, 0) is 62.9 Å². The normalized spacial score (nSPS) is 18.5. The van der Waals surface area contributed by atoms with Gasteiger partial charge in [0.15, 0.2) is 0 Å². The summed E-state index contributed by atoms with van der Waals surface area (Å²) in [4.78, 5) is 2.39. The van der Waals surface area contributed by atoms with Crippen molar-refractivity contribution >= 4 is 0 Å². The molecule has 0 bridgehead atoms. The Morgan fingerprint density at radius 2 is 2.18 bits per heavy atom. The molecule has 1 N–H and O–H groups in total. The number of aryl methyl sites for hydroxylation is 2. The topological polar surface area (TPSA) is 23.5 Å². The van der Waals surface area contributed by atoms with Gasteiger partial charge in [0.2, 0.25) is 0 Å². The molecule has 1 heterocycles. The highest BCUT2D eigenvalue weighted by Gasteiger charge is 2.11. The maximum absolute atomic E-state index is 9.33. The molecule has 1 atom stereocenters. The molecular formula is C15H23NO. The van der Waals surface area contributed by atoms with Crippen LogP contribution in [0, 0.1) is 0 Å². The molecule has 0 amide bonds. The molecule has 0 fully saturated rings. The second kappa shape index (κ2) is 5.65. The zero-order chi connectivity index (χ0) is 12.3. The lowest BCUT2D eigenvalue weighted by atomic mass is 9.98. The minimum atomic E-state index is -0.194. The van der Waals surface area contributed by atoms with Gasteiger partial charge in [0.1, 0.15) is 0 Å². The number of fused-ring (bicyclic) bond motifs is 1. The SMILES string of the molecule is CC(O)CCc1ccc2c(c1)CCCN(C)C2. The van der Waals surface area contributed by atoms with Crippen molar-refractivity contribution in [2.45, 2.75) is 45.3 Å². The predicted octanol–water partition coefficient (Wildman–Crippen LogP) is 2.38. The van der Waals surface area contributed by atoms with E-state index in [9.17, 15) is 5.11 Å². The molecule has 0 saturated heterocycles. The number of nitrogens with zero attached hydrogens (tertiary/aromatic N) is 1. The lowest BCUT2D eigenvalue weighted by Gasteiger charge is -2.14. The molecule has 0 aromatic heterocycles. The van der Waals surface area contributed by atoms with E-state index in [1.807, 2.05) is 6.92 Å². The van der Waals surface area contributed by atoms with Crippen LogP contribution in [0.3, 0.4) is 0 Å². The average molecular weight is 233 g/mol. The Morgan fingerprint density at radius 3 is 2.94 bits per heavy atom. The van der Waals surface area contributed by atoms with E-state index in [1.165, 1.54) is 36.1 Å². The minimum absolute atomic E-state index is 0.194. The third-order valence-electron chi connectivity index (χ3n) is 3.55. The van der Waals surface area contributed by atoms with Crippen molar-refractivity contribution in [2.75, 3.05) is 13.6 Å². The molecule has 1 unspecified atom stereocenters. The third-order valence-corrected chi connectivity index (χ3v) is 3.55. The number of aliphatic hydroxyl groups is 1. The predicted molar refractivity (Wildman–Crippen MR) is 71.1 cm³/mol. The highest BCUT2D eigenvalue weighted by Crippen LogP contribution is 2.20. The first kappa shape index (κ1) is 12.6. The fraction of sp³-hybridized carbons (Fsp3) is 0.600. The first-order chi connectivity index (χ1) is 8.15. The number of hydrogen-bond acceptors (Lipinski definition) is 2. The monoisotopic (exact) mass is 233 g/mol. The van der Waals surface area contributed by atoms with E-state index in [0.717, 1.165) is 19.4 Å². The van der Waals surface area contributed by atoms with Crippen molar-refractivity contribution in [3.63, 3.8) is 0 Å². The molecule has 17 heavy (non-hydrogen) atoms. The highest BCUT2D eigenvalue weighted by molar-refractivity contribution is 5.33. The van der Waals surface area contributed by atoms with Crippen LogP contribution in [0.2, 0.25) is 0 Å². The van der Waals surface area contributed by atoms with E-state index in [-0.39, 0.29) is 6.10 Å². The quantitative estimate of drug-likeness (QED) is 0.866. The lowest BCUT2D eigenvalue weighted by molar-refractivity contribution is 0.185. The van der Waals surface area contributed by atoms with E-state index < -0.39 is 0 Å². The standard InChI is InChI=1S/C15H23NO/c1-12(17)5-6-13-7-8-15-11-16(2)9-3-4-14(15)10-13/h7-8,10,12,17H,3-6,9,11H2,1-2H3. The summed E-state index contributed by atoms with van der Waals surface area (Å²) in [6, 6.07) is 6.84. The van der Waals surface area contributed by atoms with E-state index >= 15 is 0 Å². The van der Waals surface area contributed by atoms with Crippen molar-refractivity contribution < 1.29 is 5.11 Å². The molecular weight excluding hydrogens is 210 g/mol. The Kier molecular flexibility index (Phi) is 4.19. The summed E-state index contributed by atoms with van der Waals surface area (Å²) in [5.41, 5.74) is 4.36. The Balaban J connectivity index is 2.10. The Bertz CT molecular complexity index is 373. The molecule has 1 aliphatic heterocycles. The van der Waals surface area contributed by atoms with E-state index in [0.29, 0.717) is 0 Å². The Hall–Kier alpha value is -0.860. The van der Waals surface area contributed by atoms with Crippen LogP contribution in [-0.2, 0) is 19.4 Å². The Morgan fingerprint density at radius 1 is 1.35 bits per heavy atom. The van der Waals surface area contributed by atoms with Gasteiger partial charge in [-0.2, -0.15) is 0 Å². The smallest absolute Gasteiger partial charge is 0.0515 e. The number of hydrogen-bond donors (Lipinski definition) is 1. The maximum atomic E-state index is 9.33. The van der Waals surface area contributed by atoms with Gasteiger partial charge >= 0.3 is 0 Å². The fourth-order valence-corrected chi connectivity index (χ4v) is 2.51. The van der Waals surface area contributed by atoms with Gasteiger partial charge in [0.05, 0.1) is 6.10 Å². The van der Waals surface area contributed by atoms with E-state index in [4.69, 9.17) is 0 Å². The summed E-state index contributed by atoms with van der Waals surface area (Å²) >= 11 is 0. The molecule has 94 valence electrons. The summed E-state index contributed by atoms with van der Waals surface area (Å²) in [7, 11) is 2.19. The van der Waals surface area contributed by atoms with Crippen molar-refractivity contribution in [1.82, 2.24) is 4.90 Å². The molecule has 2 nitrogen and oxygen atoms in total. The number of aliphatic hydroxyl groups excluding tert-OH is 1. The Labute approximate surface area is 104 Å². The van der Waals surface area contributed by atoms with Crippen LogP contribution in [0.4, 0.5) is 0 Å². The summed E-state index contributed by atoms with van der Waals surface area (Å²) in [5, 5.41) is 9.33. The largest absolute Gasteiger partial charge is 0.393 e. The first-order valence-electron chi connectivity index (χ1n) is 6.62. The lowest BCUT2D eigenvalue weighted by Crippen LogP contribution is -2.17. The second-order valence-corrected chi connectivity index (χ2v) is 5.33. The molecule has 1 aromatic rings. The molecule has 0 radical (unpaired) electrons. The van der Waals surface area contributed by atoms with E-state index in [1.54, 1.807) is 0 Å². The summed E-state index contributed by atoms with van der Waals surface area (Å²) in [6.07, 6.45) is 4.10. The van der Waals surface area contributed by atoms with Crippen LogP contribution in [0.15, 0.2) is 18.2 Å². The third kappa shape index (κ3) is 3.55. The summed E-state index contributed by atoms with van der Waals surface area (Å²) in [5.74, 6) is 0. The van der Waals surface area contributed by atoms with Gasteiger partial charge in [-0.3, -0.25) is 0 Å². The second-order valence-electron chi connectivity index (χ2n) is 5.33. The van der Waals surface area contributed by atoms with Crippen LogP contribution in [-0.4, -0.2) is 29.7 Å². The van der Waals surface area contributed by atoms with Crippen LogP contribution >= 0.6 is 0 Å². The zero-order valence-corrected chi connectivity index (χ0v) is 10.9. The van der Waals surface area contributed by atoms with Gasteiger partial charge in [-0.15, -0.1) is 0 Å². The molecule has 0 aliphatic carbocycles. The van der Waals surface area contributed by atoms with Crippen molar-refractivity contribution in [2.24, 2.45) is 0 Å². The van der Waals surface area contributed by atoms with Crippen molar-refractivity contribution in [3.8, 4) is 0 Å². The van der Waals surface area contributed by atoms with Crippen LogP contribution in [0.25, 0.3) is 0 Å². The van der Waals surface area contributed by atoms with Crippen LogP contribution in [0.1, 0.15) is 36.5 Å². The summed E-state index contributed by atoms with van der Waals surface area (Å²) in [6.45, 7) is 4.13. The maximum Gasteiger partial charge on any atom is 0.0515 e. The van der Waals surface area contributed by atoms with Gasteiger partial charge in [-0.25, -0.2) is 0 Å². The van der Waals surface area contributed by atoms with Crippen molar-refractivity contribution in [3.05, 3.63) is 34.9 Å². The molecule has 1 aliphatic rings. The van der Waals surface area contributed by atoms with Gasteiger partial charge < -0.3 is 10.0 Å². The van der Waals surface area contributed by atoms with Gasteiger partial charge in [-0.1, -0.05) is 18.2 Å². The average Bonchev–Trinajstić information content (AvgIpc) is 2.46. The van der Waals surface area contributed by atoms with Crippen LogP contribution in [0.5, 0.6) is 0 Å². The number of rotatable bonds is 3. The van der Waals surface area contributed by atoms with Crippen LogP contribution < -0.4 is 0 Å². The fourth-order valence-electron chi connectivity index (χ4n) is 2.51. The summed E-state index contributed by atoms with van der Waals surface area (Å²) < 4.78 is 0. The molecule has 2 heteroatoms. The molecule has 2 rings (SSSR count). The molecule has 0 spiro atoms. The molecule has 1 aromatic carbocycles. The van der Waals surface area contributed by atoms with Crippen molar-refractivity contribution in [1.29, 1.82) is 0 Å². The van der Waals surface area contributed by atoms with Gasteiger partial charge in [0, 0.05) is 6.54 Å². The minimum Gasteiger partial charge on any atom is -0.393 e. The number of benzene rings is 1. The van der Waals surface area contributed by atoms with E-state index in [2.05, 4.69) is 30.1 Å². The highest BCUT2D eigenvalue weighted by atomic mass is 16.3. The zero-order valence-electron chi connectivity index (χ0n) is 10.9.